The Morgan fingerprint density at radius 1 is 1.00 bits per heavy atom. The van der Waals surface area contributed by atoms with E-state index in [9.17, 15) is 19.1 Å². The van der Waals surface area contributed by atoms with Gasteiger partial charge in [0, 0.05) is 21.3 Å². The second-order valence-corrected chi connectivity index (χ2v) is 7.95. The second kappa shape index (κ2) is 7.88. The van der Waals surface area contributed by atoms with Crippen LogP contribution in [0.15, 0.2) is 82.8 Å². The molecule has 150 valence electrons. The van der Waals surface area contributed by atoms with E-state index < -0.39 is 23.5 Å². The minimum atomic E-state index is -1.09. The Morgan fingerprint density at radius 2 is 1.70 bits per heavy atom. The van der Waals surface area contributed by atoms with E-state index in [1.807, 2.05) is 13.0 Å². The quantitative estimate of drug-likeness (QED) is 0.314. The molecule has 4 nitrogen and oxygen atoms in total. The van der Waals surface area contributed by atoms with Crippen molar-refractivity contribution >= 4 is 39.1 Å². The van der Waals surface area contributed by atoms with Crippen molar-refractivity contribution < 1.29 is 19.1 Å². The van der Waals surface area contributed by atoms with Gasteiger partial charge in [0.25, 0.3) is 11.7 Å². The van der Waals surface area contributed by atoms with Crippen molar-refractivity contribution in [2.24, 2.45) is 0 Å². The summed E-state index contributed by atoms with van der Waals surface area (Å²) in [7, 11) is 0. The molecular weight excluding hydrogens is 449 g/mol. The number of Topliss-reactive ketones (excluding diaryl/α,β-unsaturated/α-hetero) is 1. The van der Waals surface area contributed by atoms with Crippen molar-refractivity contribution in [3.8, 4) is 0 Å². The SMILES string of the molecule is Cc1cccc(N2C(=O)C(=O)/C(=C(/O)c3ccc(Br)cc3)C2c2ccccc2F)c1. The zero-order valence-electron chi connectivity index (χ0n) is 16.0. The zero-order valence-corrected chi connectivity index (χ0v) is 17.6. The number of hydrogen-bond donors (Lipinski definition) is 1. The van der Waals surface area contributed by atoms with E-state index in [1.54, 1.807) is 48.5 Å². The summed E-state index contributed by atoms with van der Waals surface area (Å²) in [5, 5.41) is 11.0. The van der Waals surface area contributed by atoms with Gasteiger partial charge in [-0.3, -0.25) is 14.5 Å². The molecule has 0 aliphatic carbocycles. The van der Waals surface area contributed by atoms with Crippen LogP contribution in [-0.2, 0) is 9.59 Å². The molecule has 0 spiro atoms. The van der Waals surface area contributed by atoms with Crippen molar-refractivity contribution in [3.05, 3.63) is 105 Å². The van der Waals surface area contributed by atoms with Gasteiger partial charge in [-0.1, -0.05) is 58.4 Å². The van der Waals surface area contributed by atoms with Crippen LogP contribution in [-0.4, -0.2) is 16.8 Å². The van der Waals surface area contributed by atoms with Gasteiger partial charge in [0.05, 0.1) is 11.6 Å². The molecule has 0 saturated carbocycles. The fourth-order valence-electron chi connectivity index (χ4n) is 3.63. The highest BCUT2D eigenvalue weighted by Gasteiger charge is 2.47. The van der Waals surface area contributed by atoms with Crippen LogP contribution in [0.1, 0.15) is 22.7 Å². The standard InChI is InChI=1S/C24H17BrFNO3/c1-14-5-4-6-17(13-14)27-21(18-7-2-3-8-19(18)26)20(23(29)24(27)30)22(28)15-9-11-16(25)12-10-15/h2-13,21,28H,1H3/b22-20+. The predicted octanol–water partition coefficient (Wildman–Crippen LogP) is 5.52. The maximum Gasteiger partial charge on any atom is 0.300 e. The first-order valence-electron chi connectivity index (χ1n) is 9.26. The van der Waals surface area contributed by atoms with E-state index in [4.69, 9.17) is 0 Å². The van der Waals surface area contributed by atoms with E-state index in [1.165, 1.54) is 23.1 Å². The third-order valence-corrected chi connectivity index (χ3v) is 5.57. The summed E-state index contributed by atoms with van der Waals surface area (Å²) in [6.07, 6.45) is 0. The number of carbonyl (C=O) groups is 2. The van der Waals surface area contributed by atoms with Gasteiger partial charge in [-0.2, -0.15) is 0 Å². The van der Waals surface area contributed by atoms with Crippen molar-refractivity contribution in [1.82, 2.24) is 0 Å². The molecule has 4 rings (SSSR count). The lowest BCUT2D eigenvalue weighted by Gasteiger charge is -2.26. The predicted molar refractivity (Wildman–Crippen MR) is 117 cm³/mol. The number of rotatable bonds is 3. The van der Waals surface area contributed by atoms with Gasteiger partial charge in [0.15, 0.2) is 0 Å². The number of anilines is 1. The molecule has 1 heterocycles. The molecule has 1 unspecified atom stereocenters. The highest BCUT2D eigenvalue weighted by atomic mass is 79.9. The third kappa shape index (κ3) is 3.44. The smallest absolute Gasteiger partial charge is 0.300 e. The Labute approximate surface area is 181 Å². The van der Waals surface area contributed by atoms with Crippen LogP contribution in [0, 0.1) is 12.7 Å². The highest BCUT2D eigenvalue weighted by Crippen LogP contribution is 2.43. The lowest BCUT2D eigenvalue weighted by Crippen LogP contribution is -2.29. The van der Waals surface area contributed by atoms with Gasteiger partial charge in [0.1, 0.15) is 11.6 Å². The molecule has 0 radical (unpaired) electrons. The zero-order chi connectivity index (χ0) is 21.4. The maximum absolute atomic E-state index is 14.8. The van der Waals surface area contributed by atoms with Gasteiger partial charge >= 0.3 is 0 Å². The maximum atomic E-state index is 14.8. The molecule has 1 saturated heterocycles. The Bertz CT molecular complexity index is 1190. The molecule has 1 fully saturated rings. The third-order valence-electron chi connectivity index (χ3n) is 5.04. The number of halogens is 2. The van der Waals surface area contributed by atoms with Crippen molar-refractivity contribution in [3.63, 3.8) is 0 Å². The molecule has 1 aliphatic heterocycles. The largest absolute Gasteiger partial charge is 0.507 e. The molecule has 0 bridgehead atoms. The van der Waals surface area contributed by atoms with Gasteiger partial charge in [0.2, 0.25) is 0 Å². The normalized spacial score (nSPS) is 18.1. The van der Waals surface area contributed by atoms with Crippen molar-refractivity contribution in [2.75, 3.05) is 4.90 Å². The molecule has 30 heavy (non-hydrogen) atoms. The summed E-state index contributed by atoms with van der Waals surface area (Å²) in [6.45, 7) is 1.86. The number of hydrogen-bond acceptors (Lipinski definition) is 3. The fourth-order valence-corrected chi connectivity index (χ4v) is 3.90. The topological polar surface area (TPSA) is 57.6 Å². The van der Waals surface area contributed by atoms with Crippen molar-refractivity contribution in [1.29, 1.82) is 0 Å². The first-order chi connectivity index (χ1) is 14.4. The summed E-state index contributed by atoms with van der Waals surface area (Å²) in [5.74, 6) is -2.58. The average Bonchev–Trinajstić information content (AvgIpc) is 2.99. The number of carbonyl (C=O) groups excluding carboxylic acids is 2. The lowest BCUT2D eigenvalue weighted by atomic mass is 9.94. The number of aliphatic hydroxyl groups excluding tert-OH is 1. The summed E-state index contributed by atoms with van der Waals surface area (Å²) in [4.78, 5) is 27.3. The number of nitrogens with zero attached hydrogens (tertiary/aromatic N) is 1. The molecule has 1 aliphatic rings. The lowest BCUT2D eigenvalue weighted by molar-refractivity contribution is -0.132. The fraction of sp³-hybridized carbons (Fsp3) is 0.0833. The Kier molecular flexibility index (Phi) is 5.26. The van der Waals surface area contributed by atoms with Gasteiger partial charge < -0.3 is 5.11 Å². The van der Waals surface area contributed by atoms with Crippen LogP contribution >= 0.6 is 15.9 Å². The number of ketones is 1. The summed E-state index contributed by atoms with van der Waals surface area (Å²) < 4.78 is 15.6. The monoisotopic (exact) mass is 465 g/mol. The molecule has 3 aromatic rings. The first-order valence-corrected chi connectivity index (χ1v) is 10.1. The molecule has 1 amide bonds. The number of aliphatic hydroxyl groups is 1. The van der Waals surface area contributed by atoms with E-state index in [0.717, 1.165) is 10.0 Å². The van der Waals surface area contributed by atoms with Gasteiger partial charge in [-0.25, -0.2) is 4.39 Å². The van der Waals surface area contributed by atoms with E-state index in [-0.39, 0.29) is 16.9 Å². The molecule has 1 atom stereocenters. The summed E-state index contributed by atoms with van der Waals surface area (Å²) in [5.41, 5.74) is 1.70. The minimum Gasteiger partial charge on any atom is -0.507 e. The van der Waals surface area contributed by atoms with Crippen LogP contribution in [0.5, 0.6) is 0 Å². The highest BCUT2D eigenvalue weighted by molar-refractivity contribution is 9.10. The number of aryl methyl sites for hydroxylation is 1. The minimum absolute atomic E-state index is 0.136. The number of amides is 1. The van der Waals surface area contributed by atoms with Crippen LogP contribution in [0.3, 0.4) is 0 Å². The van der Waals surface area contributed by atoms with E-state index in [2.05, 4.69) is 15.9 Å². The van der Waals surface area contributed by atoms with Crippen LogP contribution in [0.4, 0.5) is 10.1 Å². The van der Waals surface area contributed by atoms with Gasteiger partial charge in [-0.15, -0.1) is 0 Å². The molecule has 6 heteroatoms. The van der Waals surface area contributed by atoms with Gasteiger partial charge in [-0.05, 0) is 42.8 Å². The van der Waals surface area contributed by atoms with Crippen LogP contribution < -0.4 is 4.90 Å². The molecular formula is C24H17BrFNO3. The van der Waals surface area contributed by atoms with E-state index in [0.29, 0.717) is 11.3 Å². The summed E-state index contributed by atoms with van der Waals surface area (Å²) in [6, 6.07) is 18.6. The van der Waals surface area contributed by atoms with Crippen LogP contribution in [0.2, 0.25) is 0 Å². The summed E-state index contributed by atoms with van der Waals surface area (Å²) >= 11 is 3.33. The molecule has 1 N–H and O–H groups in total. The molecule has 0 aromatic heterocycles. The Morgan fingerprint density at radius 3 is 2.37 bits per heavy atom. The average molecular weight is 466 g/mol. The van der Waals surface area contributed by atoms with Crippen LogP contribution in [0.25, 0.3) is 5.76 Å². The van der Waals surface area contributed by atoms with Crippen molar-refractivity contribution in [2.45, 2.75) is 13.0 Å². The first kappa shape index (κ1) is 20.0. The Hall–Kier alpha value is -3.25. The Balaban J connectivity index is 1.98. The second-order valence-electron chi connectivity index (χ2n) is 7.04. The molecule has 3 aromatic carbocycles. The van der Waals surface area contributed by atoms with E-state index >= 15 is 0 Å². The number of benzene rings is 3.